The smallest absolute Gasteiger partial charge is 0.232 e. The Morgan fingerprint density at radius 1 is 1.38 bits per heavy atom. The normalized spacial score (nSPS) is 11.5. The van der Waals surface area contributed by atoms with E-state index in [2.05, 4.69) is 46.7 Å². The van der Waals surface area contributed by atoms with Crippen molar-refractivity contribution in [3.05, 3.63) is 16.5 Å². The monoisotopic (exact) mass is 244 g/mol. The quantitative estimate of drug-likeness (QED) is 0.762. The molecule has 0 bridgehead atoms. The third kappa shape index (κ3) is 2.40. The van der Waals surface area contributed by atoms with Gasteiger partial charge in [0.15, 0.2) is 0 Å². The lowest BCUT2D eigenvalue weighted by Crippen LogP contribution is -2.15. The molecule has 0 aliphatic rings. The Labute approximate surface area is 86.7 Å². The minimum atomic E-state index is -0.0274. The maximum atomic E-state index is 5.01. The molecule has 72 valence electrons. The average molecular weight is 245 g/mol. The second-order valence-corrected chi connectivity index (χ2v) is 4.55. The van der Waals surface area contributed by atoms with Gasteiger partial charge in [-0.05, 0) is 15.9 Å². The van der Waals surface area contributed by atoms with E-state index in [0.29, 0.717) is 5.88 Å². The molecule has 1 aromatic rings. The molecule has 0 N–H and O–H groups in total. The van der Waals surface area contributed by atoms with E-state index < -0.39 is 0 Å². The van der Waals surface area contributed by atoms with E-state index in [1.165, 1.54) is 0 Å². The highest BCUT2D eigenvalue weighted by atomic mass is 79.9. The fraction of sp³-hybridized carbons (Fsp3) is 0.556. The van der Waals surface area contributed by atoms with E-state index >= 15 is 0 Å². The summed E-state index contributed by atoms with van der Waals surface area (Å²) >= 11 is 3.37. The molecule has 1 rings (SSSR count). The minimum absolute atomic E-state index is 0.0274. The summed E-state index contributed by atoms with van der Waals surface area (Å²) in [5, 5.41) is 0. The van der Waals surface area contributed by atoms with Crippen LogP contribution in [-0.2, 0) is 5.41 Å². The highest BCUT2D eigenvalue weighted by Crippen LogP contribution is 2.27. The lowest BCUT2D eigenvalue weighted by Gasteiger charge is -2.18. The molecular formula is C9H13BrN2O. The number of hydrogen-bond donors (Lipinski definition) is 0. The molecular weight excluding hydrogens is 232 g/mol. The molecule has 0 aromatic carbocycles. The third-order valence-electron chi connectivity index (χ3n) is 1.63. The molecule has 0 radical (unpaired) electrons. The zero-order valence-corrected chi connectivity index (χ0v) is 9.84. The fourth-order valence-corrected chi connectivity index (χ4v) is 1.72. The Bertz CT molecular complexity index is 307. The van der Waals surface area contributed by atoms with Gasteiger partial charge in [0.05, 0.1) is 19.0 Å². The van der Waals surface area contributed by atoms with Crippen LogP contribution in [0.25, 0.3) is 0 Å². The molecule has 0 aliphatic carbocycles. The average Bonchev–Trinajstić information content (AvgIpc) is 2.03. The summed E-state index contributed by atoms with van der Waals surface area (Å²) in [5.74, 6) is 0.549. The van der Waals surface area contributed by atoms with Crippen LogP contribution in [0.1, 0.15) is 26.5 Å². The van der Waals surface area contributed by atoms with Gasteiger partial charge >= 0.3 is 0 Å². The van der Waals surface area contributed by atoms with E-state index in [1.807, 2.05) is 0 Å². The van der Waals surface area contributed by atoms with Gasteiger partial charge in [-0.25, -0.2) is 9.97 Å². The predicted octanol–water partition coefficient (Wildman–Crippen LogP) is 2.55. The lowest BCUT2D eigenvalue weighted by molar-refractivity contribution is 0.388. The van der Waals surface area contributed by atoms with Crippen molar-refractivity contribution in [1.29, 1.82) is 0 Å². The molecule has 1 heterocycles. The topological polar surface area (TPSA) is 35.0 Å². The standard InChI is InChI=1S/C9H13BrN2O/c1-9(2,3)7-8(10)11-5-6(12-7)13-4/h5H,1-4H3. The third-order valence-corrected chi connectivity index (χ3v) is 2.21. The Hall–Kier alpha value is -0.640. The first-order valence-electron chi connectivity index (χ1n) is 4.02. The van der Waals surface area contributed by atoms with Crippen molar-refractivity contribution in [2.45, 2.75) is 26.2 Å². The molecule has 0 aliphatic heterocycles. The number of rotatable bonds is 1. The zero-order chi connectivity index (χ0) is 10.1. The summed E-state index contributed by atoms with van der Waals surface area (Å²) in [6.45, 7) is 6.25. The van der Waals surface area contributed by atoms with Crippen LogP contribution in [0.4, 0.5) is 0 Å². The molecule has 3 nitrogen and oxygen atoms in total. The van der Waals surface area contributed by atoms with Crippen molar-refractivity contribution in [2.75, 3.05) is 7.11 Å². The van der Waals surface area contributed by atoms with Gasteiger partial charge < -0.3 is 4.74 Å². The van der Waals surface area contributed by atoms with Crippen LogP contribution in [0.15, 0.2) is 10.8 Å². The van der Waals surface area contributed by atoms with Gasteiger partial charge in [-0.2, -0.15) is 0 Å². The van der Waals surface area contributed by atoms with Crippen molar-refractivity contribution < 1.29 is 4.74 Å². The van der Waals surface area contributed by atoms with E-state index in [1.54, 1.807) is 13.3 Å². The molecule has 0 amide bonds. The number of aromatic nitrogens is 2. The summed E-state index contributed by atoms with van der Waals surface area (Å²) in [6, 6.07) is 0. The van der Waals surface area contributed by atoms with Crippen molar-refractivity contribution in [3.63, 3.8) is 0 Å². The minimum Gasteiger partial charge on any atom is -0.480 e. The highest BCUT2D eigenvalue weighted by Gasteiger charge is 2.20. The summed E-state index contributed by atoms with van der Waals surface area (Å²) in [4.78, 5) is 8.48. The van der Waals surface area contributed by atoms with Crippen LogP contribution in [0, 0.1) is 0 Å². The highest BCUT2D eigenvalue weighted by molar-refractivity contribution is 9.10. The van der Waals surface area contributed by atoms with E-state index in [9.17, 15) is 0 Å². The van der Waals surface area contributed by atoms with Gasteiger partial charge in [0.1, 0.15) is 4.60 Å². The van der Waals surface area contributed by atoms with Crippen LogP contribution >= 0.6 is 15.9 Å². The molecule has 0 atom stereocenters. The maximum absolute atomic E-state index is 5.01. The molecule has 0 spiro atoms. The largest absolute Gasteiger partial charge is 0.480 e. The van der Waals surface area contributed by atoms with Crippen molar-refractivity contribution in [1.82, 2.24) is 9.97 Å². The van der Waals surface area contributed by atoms with E-state index in [4.69, 9.17) is 4.74 Å². The lowest BCUT2D eigenvalue weighted by atomic mass is 9.93. The fourth-order valence-electron chi connectivity index (χ4n) is 0.934. The SMILES string of the molecule is COc1cnc(Br)c(C(C)(C)C)n1. The van der Waals surface area contributed by atoms with Crippen LogP contribution in [0.2, 0.25) is 0 Å². The summed E-state index contributed by atoms with van der Waals surface area (Å²) in [6.07, 6.45) is 1.60. The number of ether oxygens (including phenoxy) is 1. The van der Waals surface area contributed by atoms with E-state index in [0.717, 1.165) is 10.3 Å². The Balaban J connectivity index is 3.19. The molecule has 1 aromatic heterocycles. The zero-order valence-electron chi connectivity index (χ0n) is 8.26. The maximum Gasteiger partial charge on any atom is 0.232 e. The van der Waals surface area contributed by atoms with Crippen molar-refractivity contribution >= 4 is 15.9 Å². The predicted molar refractivity (Wildman–Crippen MR) is 55.0 cm³/mol. The number of halogens is 1. The first-order valence-corrected chi connectivity index (χ1v) is 4.81. The Morgan fingerprint density at radius 2 is 2.00 bits per heavy atom. The van der Waals surface area contributed by atoms with Gasteiger partial charge in [-0.3, -0.25) is 0 Å². The second-order valence-electron chi connectivity index (χ2n) is 3.80. The summed E-state index contributed by atoms with van der Waals surface area (Å²) < 4.78 is 5.79. The van der Waals surface area contributed by atoms with E-state index in [-0.39, 0.29) is 5.41 Å². The molecule has 0 saturated heterocycles. The number of nitrogens with zero attached hydrogens (tertiary/aromatic N) is 2. The second kappa shape index (κ2) is 3.62. The Morgan fingerprint density at radius 3 is 2.46 bits per heavy atom. The van der Waals surface area contributed by atoms with Crippen LogP contribution in [-0.4, -0.2) is 17.1 Å². The number of methoxy groups -OCH3 is 1. The van der Waals surface area contributed by atoms with Crippen LogP contribution < -0.4 is 4.74 Å². The van der Waals surface area contributed by atoms with Gasteiger partial charge in [0.25, 0.3) is 0 Å². The Kier molecular flexibility index (Phi) is 2.91. The molecule has 0 fully saturated rings. The molecule has 0 saturated carbocycles. The van der Waals surface area contributed by atoms with Crippen molar-refractivity contribution in [3.8, 4) is 5.88 Å². The molecule has 0 unspecified atom stereocenters. The first kappa shape index (κ1) is 10.4. The van der Waals surface area contributed by atoms with Gasteiger partial charge in [-0.15, -0.1) is 0 Å². The van der Waals surface area contributed by atoms with Gasteiger partial charge in [-0.1, -0.05) is 20.8 Å². The summed E-state index contributed by atoms with van der Waals surface area (Å²) in [7, 11) is 1.59. The van der Waals surface area contributed by atoms with Gasteiger partial charge in [0, 0.05) is 5.41 Å². The summed E-state index contributed by atoms with van der Waals surface area (Å²) in [5.41, 5.74) is 0.882. The van der Waals surface area contributed by atoms with Crippen molar-refractivity contribution in [2.24, 2.45) is 0 Å². The van der Waals surface area contributed by atoms with Crippen LogP contribution in [0.5, 0.6) is 5.88 Å². The molecule has 4 heteroatoms. The van der Waals surface area contributed by atoms with Crippen LogP contribution in [0.3, 0.4) is 0 Å². The first-order chi connectivity index (χ1) is 5.95. The number of hydrogen-bond acceptors (Lipinski definition) is 3. The van der Waals surface area contributed by atoms with Gasteiger partial charge in [0.2, 0.25) is 5.88 Å². The molecule has 13 heavy (non-hydrogen) atoms.